The molecule has 0 radical (unpaired) electrons. The van der Waals surface area contributed by atoms with E-state index in [-0.39, 0.29) is 22.9 Å². The Balaban J connectivity index is -0.000000259. The zero-order valence-electron chi connectivity index (χ0n) is 70.7. The molecule has 0 saturated heterocycles. The van der Waals surface area contributed by atoms with Crippen LogP contribution in [0.15, 0.2) is 174 Å². The van der Waals surface area contributed by atoms with Gasteiger partial charge in [0, 0.05) is 15.6 Å². The Kier molecular flexibility index (Phi) is 67.9. The van der Waals surface area contributed by atoms with Gasteiger partial charge in [-0.3, -0.25) is 9.59 Å². The molecule has 0 saturated carbocycles. The summed E-state index contributed by atoms with van der Waals surface area (Å²) < 4.78 is 39.5. The van der Waals surface area contributed by atoms with Crippen molar-refractivity contribution < 1.29 is 22.8 Å². The molecule has 7 aromatic carbocycles. The van der Waals surface area contributed by atoms with Gasteiger partial charge < -0.3 is 0 Å². The molecular formula is C94H147BrCl3F3O2. The Labute approximate surface area is 656 Å². The number of aryl methyl sites for hydroxylation is 1. The zero-order chi connectivity index (χ0) is 81.1. The molecule has 0 bridgehead atoms. The lowest BCUT2D eigenvalue weighted by molar-refractivity contribution is -0.186. The summed E-state index contributed by atoms with van der Waals surface area (Å²) >= 11 is 21.4. The molecule has 0 fully saturated rings. The minimum atomic E-state index is -4.19. The molecule has 0 aromatic heterocycles. The number of benzene rings is 7. The van der Waals surface area contributed by atoms with Crippen molar-refractivity contribution in [3.8, 4) is 0 Å². The maximum absolute atomic E-state index is 12.8. The normalized spacial score (nSPS) is 12.8. The Hall–Kier alpha value is -4.98. The molecule has 103 heavy (non-hydrogen) atoms. The van der Waals surface area contributed by atoms with Crippen molar-refractivity contribution in [2.75, 3.05) is 0 Å². The van der Waals surface area contributed by atoms with E-state index in [0.717, 1.165) is 30.7 Å². The molecule has 584 valence electrons. The highest BCUT2D eigenvalue weighted by Gasteiger charge is 2.50. The van der Waals surface area contributed by atoms with Crippen molar-refractivity contribution in [2.45, 2.75) is 331 Å². The van der Waals surface area contributed by atoms with Crippen LogP contribution in [0, 0.1) is 0 Å². The van der Waals surface area contributed by atoms with Crippen molar-refractivity contribution in [1.29, 1.82) is 0 Å². The molecule has 6 atom stereocenters. The van der Waals surface area contributed by atoms with E-state index in [4.69, 9.17) is 34.8 Å². The fraction of sp³-hybridized carbons (Fsp3) is 0.532. The maximum atomic E-state index is 12.8. The van der Waals surface area contributed by atoms with Crippen molar-refractivity contribution in [3.05, 3.63) is 246 Å². The van der Waals surface area contributed by atoms with Gasteiger partial charge in [0.05, 0.1) is 20.3 Å². The molecule has 7 aromatic rings. The van der Waals surface area contributed by atoms with Crippen LogP contribution in [0.2, 0.25) is 10.0 Å². The summed E-state index contributed by atoms with van der Waals surface area (Å²) in [4.78, 5) is 22.6. The van der Waals surface area contributed by atoms with E-state index in [2.05, 4.69) is 184 Å². The fourth-order valence-electron chi connectivity index (χ4n) is 9.63. The molecule has 1 aliphatic rings. The Bertz CT molecular complexity index is 3060. The summed E-state index contributed by atoms with van der Waals surface area (Å²) in [6.45, 7) is 62.4. The summed E-state index contributed by atoms with van der Waals surface area (Å²) in [7, 11) is 0. The number of alkyl halides is 4. The van der Waals surface area contributed by atoms with E-state index < -0.39 is 11.6 Å². The van der Waals surface area contributed by atoms with E-state index in [1.807, 2.05) is 152 Å². The second-order valence-corrected chi connectivity index (χ2v) is 27.2. The van der Waals surface area contributed by atoms with Crippen LogP contribution in [0.4, 0.5) is 13.2 Å². The second-order valence-electron chi connectivity index (χ2n) is 24.7. The third-order valence-corrected chi connectivity index (χ3v) is 19.6. The van der Waals surface area contributed by atoms with Gasteiger partial charge in [-0.15, -0.1) is 11.6 Å². The fourth-order valence-corrected chi connectivity index (χ4v) is 10.5. The largest absolute Gasteiger partial charge is 0.398 e. The van der Waals surface area contributed by atoms with Crippen LogP contribution in [-0.2, 0) is 28.5 Å². The lowest BCUT2D eigenvalue weighted by Gasteiger charge is -2.31. The molecule has 1 aliphatic carbocycles. The van der Waals surface area contributed by atoms with E-state index in [1.165, 1.54) is 105 Å². The average molecular weight is 1550 g/mol. The summed E-state index contributed by atoms with van der Waals surface area (Å²) in [6, 6.07) is 55.6. The summed E-state index contributed by atoms with van der Waals surface area (Å²) in [5, 5.41) is 1.28. The number of carbonyl (C=O) groups excluding carboxylic acids is 2. The van der Waals surface area contributed by atoms with Gasteiger partial charge >= 0.3 is 6.18 Å². The van der Waals surface area contributed by atoms with E-state index in [9.17, 15) is 22.8 Å². The lowest BCUT2D eigenvalue weighted by atomic mass is 9.79. The second kappa shape index (κ2) is 64.2. The van der Waals surface area contributed by atoms with Crippen LogP contribution in [0.3, 0.4) is 0 Å². The molecule has 9 heteroatoms. The van der Waals surface area contributed by atoms with Crippen LogP contribution in [-0.4, -0.2) is 17.7 Å². The first-order valence-corrected chi connectivity index (χ1v) is 41.2. The molecule has 2 nitrogen and oxygen atoms in total. The number of Topliss-reactive ketones (excluding diaryl/α,β-unsaturated/α-hetero) is 2. The monoisotopic (exact) mass is 1550 g/mol. The van der Waals surface area contributed by atoms with Gasteiger partial charge in [-0.1, -0.05) is 353 Å². The van der Waals surface area contributed by atoms with Gasteiger partial charge in [0.2, 0.25) is 0 Å². The molecule has 8 rings (SSSR count). The first-order valence-electron chi connectivity index (χ1n) is 39.3. The van der Waals surface area contributed by atoms with E-state index >= 15 is 0 Å². The molecule has 0 heterocycles. The minimum Gasteiger partial charge on any atom is -0.295 e. The number of hydrogen-bond acceptors (Lipinski definition) is 2. The summed E-state index contributed by atoms with van der Waals surface area (Å²) in [5.74, 6) is 2.35. The van der Waals surface area contributed by atoms with Crippen LogP contribution in [0.25, 0.3) is 0 Å². The van der Waals surface area contributed by atoms with Gasteiger partial charge in [-0.25, -0.2) is 0 Å². The Morgan fingerprint density at radius 3 is 1.17 bits per heavy atom. The van der Waals surface area contributed by atoms with Crippen molar-refractivity contribution in [3.63, 3.8) is 0 Å². The van der Waals surface area contributed by atoms with Crippen LogP contribution >= 0.6 is 50.7 Å². The number of hydrogen-bond donors (Lipinski definition) is 0. The summed E-state index contributed by atoms with van der Waals surface area (Å²) in [5.41, 5.74) is 11.5. The van der Waals surface area contributed by atoms with Crippen molar-refractivity contribution >= 4 is 62.3 Å². The highest BCUT2D eigenvalue weighted by molar-refractivity contribution is 9.10. The van der Waals surface area contributed by atoms with Gasteiger partial charge in [-0.2, -0.15) is 13.2 Å². The standard InChI is InChI=1S/C14H18O2.C14H20.C11H13F3.C11H16.C10H13Br.C10H12Cl2.C10H13Cl.7C2H6/c1-5-9(2)12-6-13(10(3)15)8-14(7-12)11(4)16;1-3-11(2)13-10-6-8-12-7-4-5-9-14(12)13;1-3-10(2,11(12,13)14)9-7-5-4-6-8-9;1-4-11(2,3)10-8-6-5-7-9-10;1-3-8(2)9-5-4-6-10(11)7-9;1-3-7(2)8-4-5-9(11)10(12)6-8;1-3-10(2,11)9-7-5-4-6-8-9;7*1-2/h6-9H,5H2,1-4H3;6,8,10-11H,3-5,7,9H2,1-2H3;4-8H,3H2,1-2H3;5-9H,4H2,1-3H3;4-8H,3H2,1-2H3;4-7H,3H2,1-2H3;4-8H,3H2,1-2H3;7*1-2H3. The van der Waals surface area contributed by atoms with Crippen LogP contribution in [0.1, 0.15) is 367 Å². The predicted molar refractivity (Wildman–Crippen MR) is 464 cm³/mol. The van der Waals surface area contributed by atoms with Crippen LogP contribution in [0.5, 0.6) is 0 Å². The van der Waals surface area contributed by atoms with Crippen molar-refractivity contribution in [2.24, 2.45) is 0 Å². The van der Waals surface area contributed by atoms with Gasteiger partial charge in [0.25, 0.3) is 0 Å². The molecule has 0 amide bonds. The average Bonchev–Trinajstić information content (AvgIpc) is 0.798. The topological polar surface area (TPSA) is 34.1 Å². The third-order valence-electron chi connectivity index (χ3n) is 17.9. The number of fused-ring (bicyclic) bond motifs is 1. The first-order chi connectivity index (χ1) is 48.9. The highest BCUT2D eigenvalue weighted by Crippen LogP contribution is 2.43. The number of halogens is 7. The molecule has 0 spiro atoms. The maximum Gasteiger partial charge on any atom is 0.398 e. The number of rotatable bonds is 16. The quantitative estimate of drug-likeness (QED) is 0.0714. The smallest absolute Gasteiger partial charge is 0.295 e. The highest BCUT2D eigenvalue weighted by atomic mass is 79.9. The molecule has 0 N–H and O–H groups in total. The Morgan fingerprint density at radius 2 is 0.806 bits per heavy atom. The molecule has 6 unspecified atom stereocenters. The lowest BCUT2D eigenvalue weighted by Crippen LogP contribution is -2.38. The third kappa shape index (κ3) is 42.8. The first kappa shape index (κ1) is 109. The SMILES string of the molecule is CC.CC.CC.CC.CC.CC.CC.CCC(C)(C)c1ccccc1.CCC(C)(Cl)c1ccccc1.CCC(C)(c1ccccc1)C(F)(F)F.CCC(C)c1cc(C(C)=O)cc(C(C)=O)c1.CCC(C)c1ccc(Cl)c(Cl)c1.CCC(C)c1cccc(Br)c1.CCC(C)c1cccc2c1CCCC2. The number of ketones is 2. The van der Waals surface area contributed by atoms with Gasteiger partial charge in [-0.05, 0) is 220 Å². The molecule has 0 aliphatic heterocycles. The number of carbonyl (C=O) groups is 2. The minimum absolute atomic E-state index is 0.00709. The summed E-state index contributed by atoms with van der Waals surface area (Å²) in [6.07, 6.45) is 8.00. The van der Waals surface area contributed by atoms with E-state index in [1.54, 1.807) is 47.9 Å². The molecular weight excluding hydrogens is 1400 g/mol. The zero-order valence-corrected chi connectivity index (χ0v) is 74.6. The Morgan fingerprint density at radius 1 is 0.417 bits per heavy atom. The predicted octanol–water partition coefficient (Wildman–Crippen LogP) is 34.2. The van der Waals surface area contributed by atoms with Crippen LogP contribution < -0.4 is 0 Å². The van der Waals surface area contributed by atoms with Crippen molar-refractivity contribution in [1.82, 2.24) is 0 Å². The van der Waals surface area contributed by atoms with Gasteiger partial charge in [0.1, 0.15) is 0 Å². The van der Waals surface area contributed by atoms with Gasteiger partial charge in [0.15, 0.2) is 11.6 Å². The van der Waals surface area contributed by atoms with E-state index in [0.29, 0.717) is 49.9 Å².